The van der Waals surface area contributed by atoms with Crippen LogP contribution in [0.15, 0.2) is 109 Å². The largest absolute Gasteiger partial charge is 0.488 e. The van der Waals surface area contributed by atoms with E-state index < -0.39 is 35.0 Å². The number of ether oxygens (including phenoxy) is 2. The van der Waals surface area contributed by atoms with Crippen molar-refractivity contribution in [2.45, 2.75) is 117 Å². The van der Waals surface area contributed by atoms with Crippen LogP contribution in [0.3, 0.4) is 0 Å². The number of nitrogens with one attached hydrogen (secondary N) is 1. The Morgan fingerprint density at radius 2 is 1.17 bits per heavy atom. The van der Waals surface area contributed by atoms with Crippen molar-refractivity contribution in [1.29, 1.82) is 0 Å². The predicted molar refractivity (Wildman–Crippen MR) is 240 cm³/mol. The van der Waals surface area contributed by atoms with E-state index in [0.717, 1.165) is 27.5 Å². The predicted octanol–water partition coefficient (Wildman–Crippen LogP) is 9.18. The van der Waals surface area contributed by atoms with Crippen LogP contribution in [0.2, 0.25) is 0 Å². The average molecular weight is 810 g/mol. The third kappa shape index (κ3) is 11.4. The summed E-state index contributed by atoms with van der Waals surface area (Å²) < 4.78 is 11.5. The second-order valence-electron chi connectivity index (χ2n) is 19.0. The molecule has 0 aromatic heterocycles. The van der Waals surface area contributed by atoms with E-state index in [1.165, 1.54) is 21.5 Å². The standard InChI is InChI=1S/C52H60N2O6/c1-50(2,3)59-41-24-17-34(18-25-41)27-40(31-45(56)43(53)32-46(57)60-51(4,5)6)49(58)54-52(7,8)42(30-33-13-10-9-11-14-33)44(55)26-19-35-28-38-22-20-36-15-12-16-37-21-23-39(29-35)48(38)47(36)37/h9-18,20-25,28-29,40,42-43H,19,26-27,30-32,53H2,1-8H3,(H,54,58)/p+1/t40-,42+,43+/m1/s1. The summed E-state index contributed by atoms with van der Waals surface area (Å²) in [6.45, 7) is 15.0. The van der Waals surface area contributed by atoms with Crippen molar-refractivity contribution in [3.63, 3.8) is 0 Å². The van der Waals surface area contributed by atoms with E-state index in [2.05, 4.69) is 65.6 Å². The van der Waals surface area contributed by atoms with Gasteiger partial charge in [0.05, 0.1) is 0 Å². The molecule has 0 saturated carbocycles. The van der Waals surface area contributed by atoms with Gasteiger partial charge in [-0.05, 0) is 136 Å². The highest BCUT2D eigenvalue weighted by atomic mass is 16.6. The van der Waals surface area contributed by atoms with Crippen LogP contribution in [0.4, 0.5) is 0 Å². The van der Waals surface area contributed by atoms with Crippen LogP contribution in [0, 0.1) is 11.8 Å². The quantitative estimate of drug-likeness (QED) is 0.0699. The van der Waals surface area contributed by atoms with Crippen LogP contribution in [0.5, 0.6) is 5.75 Å². The third-order valence-electron chi connectivity index (χ3n) is 11.1. The molecule has 0 aliphatic carbocycles. The van der Waals surface area contributed by atoms with Crippen LogP contribution < -0.4 is 15.8 Å². The van der Waals surface area contributed by atoms with Gasteiger partial charge < -0.3 is 20.5 Å². The lowest BCUT2D eigenvalue weighted by Gasteiger charge is -2.36. The van der Waals surface area contributed by atoms with Gasteiger partial charge in [-0.25, -0.2) is 0 Å². The smallest absolute Gasteiger partial charge is 0.312 e. The lowest BCUT2D eigenvalue weighted by Crippen LogP contribution is -2.66. The van der Waals surface area contributed by atoms with Crippen molar-refractivity contribution < 1.29 is 34.4 Å². The van der Waals surface area contributed by atoms with E-state index in [-0.39, 0.29) is 42.3 Å². The van der Waals surface area contributed by atoms with E-state index in [9.17, 15) is 19.2 Å². The molecule has 8 heteroatoms. The fourth-order valence-electron chi connectivity index (χ4n) is 8.23. The zero-order chi connectivity index (χ0) is 43.4. The van der Waals surface area contributed by atoms with E-state index in [1.807, 2.05) is 89.2 Å². The Hall–Kier alpha value is -5.60. The fourth-order valence-corrected chi connectivity index (χ4v) is 8.23. The molecule has 0 fully saturated rings. The first-order chi connectivity index (χ1) is 28.2. The summed E-state index contributed by atoms with van der Waals surface area (Å²) in [6.07, 6.45) is 1.22. The van der Waals surface area contributed by atoms with Gasteiger partial charge in [0.15, 0.2) is 11.8 Å². The molecule has 0 radical (unpaired) electrons. The van der Waals surface area contributed by atoms with Gasteiger partial charge in [0, 0.05) is 30.2 Å². The van der Waals surface area contributed by atoms with Crippen molar-refractivity contribution in [2.24, 2.45) is 11.8 Å². The maximum atomic E-state index is 14.5. The fraction of sp³-hybridized carbons (Fsp3) is 0.385. The number of amides is 1. The van der Waals surface area contributed by atoms with Crippen LogP contribution in [0.25, 0.3) is 32.3 Å². The first-order valence-electron chi connectivity index (χ1n) is 21.2. The summed E-state index contributed by atoms with van der Waals surface area (Å²) in [4.78, 5) is 55.4. The third-order valence-corrected chi connectivity index (χ3v) is 11.1. The first kappa shape index (κ1) is 44.0. The van der Waals surface area contributed by atoms with Gasteiger partial charge in [-0.2, -0.15) is 0 Å². The Kier molecular flexibility index (Phi) is 13.1. The number of quaternary nitrogens is 1. The number of hydrogen-bond donors (Lipinski definition) is 2. The number of Topliss-reactive ketones (excluding diaryl/α,β-unsaturated/α-hetero) is 2. The topological polar surface area (TPSA) is 126 Å². The molecule has 4 N–H and O–H groups in total. The molecule has 0 unspecified atom stereocenters. The molecular formula is C52H61N2O6+. The van der Waals surface area contributed by atoms with Crippen LogP contribution in [0.1, 0.15) is 91.3 Å². The molecule has 0 heterocycles. The van der Waals surface area contributed by atoms with Gasteiger partial charge in [0.1, 0.15) is 29.2 Å². The minimum absolute atomic E-state index is 0.0477. The number of ketones is 2. The van der Waals surface area contributed by atoms with Crippen molar-refractivity contribution in [3.8, 4) is 5.75 Å². The molecule has 6 aromatic rings. The number of carbonyl (C=O) groups excluding carboxylic acids is 4. The highest BCUT2D eigenvalue weighted by Crippen LogP contribution is 2.36. The van der Waals surface area contributed by atoms with Crippen molar-refractivity contribution >= 4 is 55.8 Å². The van der Waals surface area contributed by atoms with Crippen molar-refractivity contribution in [2.75, 3.05) is 0 Å². The Labute approximate surface area is 354 Å². The first-order valence-corrected chi connectivity index (χ1v) is 21.2. The van der Waals surface area contributed by atoms with Gasteiger partial charge in [0.25, 0.3) is 0 Å². The van der Waals surface area contributed by atoms with Gasteiger partial charge in [-0.3, -0.25) is 19.2 Å². The summed E-state index contributed by atoms with van der Waals surface area (Å²) in [5.41, 5.74) is 4.85. The molecule has 60 heavy (non-hydrogen) atoms. The summed E-state index contributed by atoms with van der Waals surface area (Å²) in [7, 11) is 0. The number of carbonyl (C=O) groups is 4. The molecule has 314 valence electrons. The molecule has 1 amide bonds. The molecule has 0 spiro atoms. The van der Waals surface area contributed by atoms with Crippen molar-refractivity contribution in [3.05, 3.63) is 126 Å². The Morgan fingerprint density at radius 3 is 1.75 bits per heavy atom. The summed E-state index contributed by atoms with van der Waals surface area (Å²) in [5, 5.41) is 10.5. The SMILES string of the molecule is CC(C)(C)OC(=O)C[C@H]([NH3+])C(=O)C[C@@H](Cc1ccc(OC(C)(C)C)cc1)C(=O)NC(C)(C)[C@@H](Cc1ccccc1)C(=O)CCc1cc2ccc3cccc4ccc(c1)c2c34. The number of rotatable bonds is 17. The summed E-state index contributed by atoms with van der Waals surface area (Å²) in [6, 6.07) is 35.9. The minimum Gasteiger partial charge on any atom is -0.488 e. The maximum absolute atomic E-state index is 14.5. The molecule has 0 aliphatic rings. The number of hydrogen-bond acceptors (Lipinski definition) is 6. The molecular weight excluding hydrogens is 749 g/mol. The van der Waals surface area contributed by atoms with Gasteiger partial charge in [-0.15, -0.1) is 0 Å². The van der Waals surface area contributed by atoms with Crippen LogP contribution >= 0.6 is 0 Å². The van der Waals surface area contributed by atoms with Crippen LogP contribution in [-0.2, 0) is 43.2 Å². The molecule has 6 aromatic carbocycles. The molecule has 3 atom stereocenters. The lowest BCUT2D eigenvalue weighted by molar-refractivity contribution is -0.403. The lowest BCUT2D eigenvalue weighted by atomic mass is 9.77. The highest BCUT2D eigenvalue weighted by Gasteiger charge is 2.39. The maximum Gasteiger partial charge on any atom is 0.312 e. The molecule has 0 bridgehead atoms. The van der Waals surface area contributed by atoms with Crippen molar-refractivity contribution in [1.82, 2.24) is 5.32 Å². The summed E-state index contributed by atoms with van der Waals surface area (Å²) >= 11 is 0. The normalized spacial score (nSPS) is 13.9. The highest BCUT2D eigenvalue weighted by molar-refractivity contribution is 6.23. The Balaban J connectivity index is 1.23. The molecule has 0 aliphatic heterocycles. The number of esters is 1. The molecule has 0 saturated heterocycles. The van der Waals surface area contributed by atoms with Gasteiger partial charge >= 0.3 is 5.97 Å². The van der Waals surface area contributed by atoms with E-state index in [4.69, 9.17) is 9.47 Å². The van der Waals surface area contributed by atoms with Crippen LogP contribution in [-0.4, -0.2) is 46.2 Å². The van der Waals surface area contributed by atoms with Gasteiger partial charge in [0.2, 0.25) is 5.91 Å². The second-order valence-corrected chi connectivity index (χ2v) is 19.0. The van der Waals surface area contributed by atoms with E-state index in [0.29, 0.717) is 25.0 Å². The Morgan fingerprint density at radius 1 is 0.600 bits per heavy atom. The number of aryl methyl sites for hydroxylation is 1. The second kappa shape index (κ2) is 17.9. The average Bonchev–Trinajstić information content (AvgIpc) is 3.17. The Bertz CT molecular complexity index is 2390. The molecule has 8 nitrogen and oxygen atoms in total. The zero-order valence-corrected chi connectivity index (χ0v) is 36.5. The zero-order valence-electron chi connectivity index (χ0n) is 36.5. The monoisotopic (exact) mass is 809 g/mol. The van der Waals surface area contributed by atoms with Gasteiger partial charge in [-0.1, -0.05) is 97.1 Å². The minimum atomic E-state index is -0.983. The molecule has 6 rings (SSSR count). The summed E-state index contributed by atoms with van der Waals surface area (Å²) in [5.74, 6) is -1.78. The number of benzene rings is 6. The van der Waals surface area contributed by atoms with E-state index >= 15 is 0 Å². The van der Waals surface area contributed by atoms with E-state index in [1.54, 1.807) is 20.8 Å².